The molecule has 2 nitrogen and oxygen atoms in total. The molecule has 0 spiro atoms. The minimum atomic E-state index is -0.264. The molecular weight excluding hydrogens is 351 g/mol. The molecule has 1 aromatic heterocycles. The number of nitrogens with zero attached hydrogens (tertiary/aromatic N) is 2. The quantitative estimate of drug-likeness (QED) is 0.730. The normalized spacial score (nSPS) is 10.9. The Kier molecular flexibility index (Phi) is 3.68. The molecule has 2 rings (SSSR count). The first-order chi connectivity index (χ1) is 8.06. The van der Waals surface area contributed by atoms with E-state index in [1.807, 2.05) is 19.9 Å². The van der Waals surface area contributed by atoms with Gasteiger partial charge in [-0.3, -0.25) is 0 Å². The molecule has 0 fully saturated rings. The maximum atomic E-state index is 13.9. The third-order valence-electron chi connectivity index (χ3n) is 2.63. The predicted molar refractivity (Wildman–Crippen MR) is 73.3 cm³/mol. The zero-order valence-corrected chi connectivity index (χ0v) is 12.6. The smallest absolute Gasteiger partial charge is 0.149 e. The third-order valence-corrected chi connectivity index (χ3v) is 4.38. The molecule has 0 atom stereocenters. The van der Waals surface area contributed by atoms with Gasteiger partial charge in [-0.25, -0.2) is 9.07 Å². The first-order valence-corrected chi connectivity index (χ1v) is 7.03. The second-order valence-corrected chi connectivity index (χ2v) is 5.13. The Morgan fingerprint density at radius 2 is 2.06 bits per heavy atom. The van der Waals surface area contributed by atoms with Gasteiger partial charge < -0.3 is 0 Å². The van der Waals surface area contributed by atoms with Crippen LogP contribution in [0.5, 0.6) is 0 Å². The zero-order valence-electron chi connectivity index (χ0n) is 9.47. The van der Waals surface area contributed by atoms with Gasteiger partial charge in [0.25, 0.3) is 0 Å². The number of para-hydroxylation sites is 1. The van der Waals surface area contributed by atoms with E-state index in [0.717, 1.165) is 21.4 Å². The Balaban J connectivity index is 2.72. The maximum absolute atomic E-state index is 13.9. The first-order valence-electron chi connectivity index (χ1n) is 5.11. The summed E-state index contributed by atoms with van der Waals surface area (Å²) in [6.45, 7) is 3.80. The van der Waals surface area contributed by atoms with Gasteiger partial charge in [-0.1, -0.05) is 28.1 Å². The van der Waals surface area contributed by atoms with Gasteiger partial charge >= 0.3 is 0 Å². The molecule has 0 aliphatic carbocycles. The van der Waals surface area contributed by atoms with Crippen molar-refractivity contribution in [2.75, 3.05) is 0 Å². The summed E-state index contributed by atoms with van der Waals surface area (Å²) in [5, 5.41) is 4.95. The number of halogens is 3. The van der Waals surface area contributed by atoms with Crippen molar-refractivity contribution < 1.29 is 4.39 Å². The van der Waals surface area contributed by atoms with Crippen molar-refractivity contribution in [3.05, 3.63) is 45.4 Å². The first kappa shape index (κ1) is 12.8. The number of aromatic nitrogens is 2. The van der Waals surface area contributed by atoms with Crippen LogP contribution in [0.3, 0.4) is 0 Å². The number of aryl methyl sites for hydroxylation is 1. The van der Waals surface area contributed by atoms with Gasteiger partial charge in [-0.2, -0.15) is 5.10 Å². The van der Waals surface area contributed by atoms with E-state index in [9.17, 15) is 4.39 Å². The summed E-state index contributed by atoms with van der Waals surface area (Å²) in [5.74, 6) is -0.264. The lowest BCUT2D eigenvalue weighted by Crippen LogP contribution is -2.05. The van der Waals surface area contributed by atoms with Crippen LogP contribution in [0.2, 0.25) is 0 Å². The fourth-order valence-electron chi connectivity index (χ4n) is 1.75. The van der Waals surface area contributed by atoms with E-state index in [1.165, 1.54) is 6.07 Å². The highest BCUT2D eigenvalue weighted by Crippen LogP contribution is 2.27. The van der Waals surface area contributed by atoms with Gasteiger partial charge in [-0.05, 0) is 41.4 Å². The average molecular weight is 362 g/mol. The Morgan fingerprint density at radius 1 is 1.35 bits per heavy atom. The van der Waals surface area contributed by atoms with Crippen LogP contribution in [0.1, 0.15) is 17.0 Å². The molecule has 0 radical (unpaired) electrons. The molecule has 90 valence electrons. The van der Waals surface area contributed by atoms with E-state index in [4.69, 9.17) is 0 Å². The minimum absolute atomic E-state index is 0.264. The fourth-order valence-corrected chi connectivity index (χ4v) is 2.45. The van der Waals surface area contributed by atoms with E-state index in [1.54, 1.807) is 10.7 Å². The molecule has 2 aromatic rings. The van der Waals surface area contributed by atoms with E-state index < -0.39 is 0 Å². The number of rotatable bonds is 2. The lowest BCUT2D eigenvalue weighted by Gasteiger charge is -2.10. The highest BCUT2D eigenvalue weighted by atomic mass is 79.9. The molecule has 0 unspecified atom stereocenters. The van der Waals surface area contributed by atoms with Crippen LogP contribution >= 0.6 is 31.9 Å². The summed E-state index contributed by atoms with van der Waals surface area (Å²) in [6.07, 6.45) is 0. The summed E-state index contributed by atoms with van der Waals surface area (Å²) in [7, 11) is 0. The second kappa shape index (κ2) is 4.90. The van der Waals surface area contributed by atoms with Crippen LogP contribution in [0.15, 0.2) is 22.7 Å². The SMILES string of the molecule is Cc1nn(-c2c(F)cccc2CBr)c(C)c1Br. The largest absolute Gasteiger partial charge is 0.233 e. The highest BCUT2D eigenvalue weighted by Gasteiger charge is 2.16. The molecule has 1 aromatic carbocycles. The number of hydrogen-bond acceptors (Lipinski definition) is 1. The van der Waals surface area contributed by atoms with Crippen LogP contribution in [0, 0.1) is 19.7 Å². The van der Waals surface area contributed by atoms with E-state index >= 15 is 0 Å². The summed E-state index contributed by atoms with van der Waals surface area (Å²) >= 11 is 6.82. The molecular formula is C12H11Br2FN2. The van der Waals surface area contributed by atoms with E-state index in [-0.39, 0.29) is 5.82 Å². The van der Waals surface area contributed by atoms with E-state index in [2.05, 4.69) is 37.0 Å². The van der Waals surface area contributed by atoms with Gasteiger partial charge in [0.1, 0.15) is 11.5 Å². The molecule has 0 aliphatic rings. The van der Waals surface area contributed by atoms with Crippen LogP contribution in [-0.4, -0.2) is 9.78 Å². The molecule has 17 heavy (non-hydrogen) atoms. The number of alkyl halides is 1. The van der Waals surface area contributed by atoms with Crippen molar-refractivity contribution in [2.24, 2.45) is 0 Å². The van der Waals surface area contributed by atoms with Crippen molar-refractivity contribution >= 4 is 31.9 Å². The second-order valence-electron chi connectivity index (χ2n) is 3.78. The summed E-state index contributed by atoms with van der Waals surface area (Å²) in [5.41, 5.74) is 3.14. The standard InChI is InChI=1S/C12H11Br2FN2/c1-7-11(14)8(2)17(16-7)12-9(6-13)4-3-5-10(12)15/h3-5H,6H2,1-2H3. The topological polar surface area (TPSA) is 17.8 Å². The van der Waals surface area contributed by atoms with Crippen LogP contribution in [0.4, 0.5) is 4.39 Å². The summed E-state index contributed by atoms with van der Waals surface area (Å²) in [4.78, 5) is 0. The Bertz CT molecular complexity index is 564. The monoisotopic (exact) mass is 360 g/mol. The Morgan fingerprint density at radius 3 is 2.59 bits per heavy atom. The van der Waals surface area contributed by atoms with Gasteiger partial charge in [0, 0.05) is 5.33 Å². The average Bonchev–Trinajstić information content (AvgIpc) is 2.56. The number of benzene rings is 1. The van der Waals surface area contributed by atoms with Crippen molar-refractivity contribution in [3.63, 3.8) is 0 Å². The van der Waals surface area contributed by atoms with Gasteiger partial charge in [0.05, 0.1) is 15.9 Å². The lowest BCUT2D eigenvalue weighted by atomic mass is 10.2. The molecule has 1 heterocycles. The van der Waals surface area contributed by atoms with Crippen molar-refractivity contribution in [3.8, 4) is 5.69 Å². The van der Waals surface area contributed by atoms with Crippen molar-refractivity contribution in [2.45, 2.75) is 19.2 Å². The van der Waals surface area contributed by atoms with Crippen molar-refractivity contribution in [1.29, 1.82) is 0 Å². The number of hydrogen-bond donors (Lipinski definition) is 0. The molecule has 0 bridgehead atoms. The summed E-state index contributed by atoms with van der Waals surface area (Å²) in [6, 6.07) is 5.04. The van der Waals surface area contributed by atoms with Crippen molar-refractivity contribution in [1.82, 2.24) is 9.78 Å². The van der Waals surface area contributed by atoms with Crippen LogP contribution in [-0.2, 0) is 5.33 Å². The van der Waals surface area contributed by atoms with Crippen LogP contribution in [0.25, 0.3) is 5.69 Å². The molecule has 0 aliphatic heterocycles. The Labute approximate surface area is 116 Å². The lowest BCUT2D eigenvalue weighted by molar-refractivity contribution is 0.606. The van der Waals surface area contributed by atoms with Crippen LogP contribution < -0.4 is 0 Å². The van der Waals surface area contributed by atoms with Gasteiger partial charge in [-0.15, -0.1) is 0 Å². The zero-order chi connectivity index (χ0) is 12.6. The molecule has 0 N–H and O–H groups in total. The third kappa shape index (κ3) is 2.18. The molecule has 0 amide bonds. The summed E-state index contributed by atoms with van der Waals surface area (Å²) < 4.78 is 16.5. The van der Waals surface area contributed by atoms with Gasteiger partial charge in [0.2, 0.25) is 0 Å². The fraction of sp³-hybridized carbons (Fsp3) is 0.250. The Hall–Kier alpha value is -0.680. The minimum Gasteiger partial charge on any atom is -0.233 e. The highest BCUT2D eigenvalue weighted by molar-refractivity contribution is 9.10. The van der Waals surface area contributed by atoms with Gasteiger partial charge in [0.15, 0.2) is 0 Å². The molecule has 0 saturated heterocycles. The molecule has 0 saturated carbocycles. The molecule has 5 heteroatoms. The van der Waals surface area contributed by atoms with E-state index in [0.29, 0.717) is 11.0 Å². The predicted octanol–water partition coefficient (Wildman–Crippen LogP) is 4.29. The maximum Gasteiger partial charge on any atom is 0.149 e.